The Morgan fingerprint density at radius 1 is 1.18 bits per heavy atom. The predicted octanol–water partition coefficient (Wildman–Crippen LogP) is 5.07. The van der Waals surface area contributed by atoms with Crippen LogP contribution in [0.5, 0.6) is 0 Å². The summed E-state index contributed by atoms with van der Waals surface area (Å²) in [6, 6.07) is 13.1. The van der Waals surface area contributed by atoms with E-state index in [-0.39, 0.29) is 11.7 Å². The van der Waals surface area contributed by atoms with Crippen molar-refractivity contribution in [3.05, 3.63) is 54.4 Å². The molecule has 118 valence electrons. The van der Waals surface area contributed by atoms with Gasteiger partial charge in [0.15, 0.2) is 0 Å². The summed E-state index contributed by atoms with van der Waals surface area (Å²) >= 11 is 2.02. The van der Waals surface area contributed by atoms with Gasteiger partial charge in [-0.2, -0.15) is 0 Å². The van der Waals surface area contributed by atoms with Crippen LogP contribution in [0.15, 0.2) is 53.7 Å². The van der Waals surface area contributed by atoms with E-state index in [1.54, 1.807) is 0 Å². The van der Waals surface area contributed by atoms with Crippen LogP contribution in [0.1, 0.15) is 51.3 Å². The smallest absolute Gasteiger partial charge is 0.111 e. The molecule has 0 unspecified atom stereocenters. The van der Waals surface area contributed by atoms with Crippen LogP contribution in [-0.2, 0) is 0 Å². The van der Waals surface area contributed by atoms with Gasteiger partial charge in [-0.05, 0) is 31.0 Å². The molecule has 0 amide bonds. The van der Waals surface area contributed by atoms with Gasteiger partial charge in [0.25, 0.3) is 0 Å². The highest BCUT2D eigenvalue weighted by Gasteiger charge is 2.35. The van der Waals surface area contributed by atoms with Gasteiger partial charge in [-0.25, -0.2) is 0 Å². The molecule has 2 aromatic rings. The Hall–Kier alpha value is -1.19. The lowest BCUT2D eigenvalue weighted by molar-refractivity contribution is 0.264. The fourth-order valence-electron chi connectivity index (χ4n) is 3.26. The van der Waals surface area contributed by atoms with Crippen molar-refractivity contribution in [2.45, 2.75) is 56.1 Å². The van der Waals surface area contributed by atoms with E-state index in [9.17, 15) is 0 Å². The van der Waals surface area contributed by atoms with Crippen molar-refractivity contribution in [2.24, 2.45) is 0 Å². The minimum Gasteiger partial charge on any atom is -0.334 e. The number of nitrogens with one attached hydrogen (secondary N) is 1. The molecular formula is C19H26N2S. The third-order valence-electron chi connectivity index (χ3n) is 4.77. The largest absolute Gasteiger partial charge is 0.334 e. The number of fused-ring (bicyclic) bond motifs is 1. The van der Waals surface area contributed by atoms with Crippen LogP contribution in [0.2, 0.25) is 0 Å². The van der Waals surface area contributed by atoms with Crippen LogP contribution in [0.25, 0.3) is 0 Å². The molecule has 1 N–H and O–H groups in total. The predicted molar refractivity (Wildman–Crippen MR) is 95.4 cm³/mol. The second kappa shape index (κ2) is 6.93. The monoisotopic (exact) mass is 314 g/mol. The molecule has 0 saturated heterocycles. The zero-order chi connectivity index (χ0) is 15.4. The summed E-state index contributed by atoms with van der Waals surface area (Å²) in [7, 11) is 0. The summed E-state index contributed by atoms with van der Waals surface area (Å²) in [4.78, 5) is 1.42. The maximum atomic E-state index is 4.01. The quantitative estimate of drug-likeness (QED) is 0.830. The molecular weight excluding hydrogens is 288 g/mol. The third-order valence-corrected chi connectivity index (χ3v) is 6.15. The average Bonchev–Trinajstić information content (AvgIpc) is 3.04. The lowest BCUT2D eigenvalue weighted by Crippen LogP contribution is -2.49. The topological polar surface area (TPSA) is 17.0 Å². The molecule has 1 aliphatic heterocycles. The van der Waals surface area contributed by atoms with Gasteiger partial charge in [0.05, 0.1) is 0 Å². The molecule has 2 heterocycles. The van der Waals surface area contributed by atoms with E-state index in [0.29, 0.717) is 0 Å². The maximum Gasteiger partial charge on any atom is 0.111 e. The first-order chi connectivity index (χ1) is 10.8. The van der Waals surface area contributed by atoms with Crippen molar-refractivity contribution >= 4 is 11.8 Å². The Kier molecular flexibility index (Phi) is 4.94. The summed E-state index contributed by atoms with van der Waals surface area (Å²) in [5, 5.41) is 4.01. The van der Waals surface area contributed by atoms with Gasteiger partial charge >= 0.3 is 0 Å². The molecule has 1 aromatic carbocycles. The Morgan fingerprint density at radius 2 is 1.95 bits per heavy atom. The SMILES string of the molecule is CCCC[C@@]1(CC)CSc2ccccc2[C@H](n2cccc2)N1. The normalized spacial score (nSPS) is 24.7. The molecule has 0 radical (unpaired) electrons. The van der Waals surface area contributed by atoms with Gasteiger partial charge in [-0.1, -0.05) is 44.9 Å². The Bertz CT molecular complexity index is 593. The molecule has 0 aliphatic carbocycles. The second-order valence-electron chi connectivity index (χ2n) is 6.24. The number of unbranched alkanes of at least 4 members (excludes halogenated alkanes) is 1. The van der Waals surface area contributed by atoms with E-state index >= 15 is 0 Å². The zero-order valence-corrected chi connectivity index (χ0v) is 14.4. The first-order valence-corrected chi connectivity index (χ1v) is 9.38. The number of hydrogen-bond acceptors (Lipinski definition) is 2. The Balaban J connectivity index is 1.99. The molecule has 3 heteroatoms. The van der Waals surface area contributed by atoms with E-state index in [0.717, 1.165) is 5.75 Å². The Morgan fingerprint density at radius 3 is 2.68 bits per heavy atom. The van der Waals surface area contributed by atoms with Crippen LogP contribution in [0.3, 0.4) is 0 Å². The van der Waals surface area contributed by atoms with Crippen LogP contribution < -0.4 is 5.32 Å². The first-order valence-electron chi connectivity index (χ1n) is 8.40. The molecule has 0 spiro atoms. The van der Waals surface area contributed by atoms with Crippen molar-refractivity contribution in [3.8, 4) is 0 Å². The molecule has 2 atom stereocenters. The van der Waals surface area contributed by atoms with Crippen molar-refractivity contribution < 1.29 is 0 Å². The standard InChI is InChI=1S/C19H26N2S/c1-3-5-12-19(4-2)15-22-17-11-7-6-10-16(17)18(20-19)21-13-8-9-14-21/h6-11,13-14,18,20H,3-5,12,15H2,1-2H3/t18-,19-/m0/s1. The van der Waals surface area contributed by atoms with Gasteiger partial charge in [0.1, 0.15) is 6.17 Å². The lowest BCUT2D eigenvalue weighted by atomic mass is 9.91. The lowest BCUT2D eigenvalue weighted by Gasteiger charge is -2.36. The van der Waals surface area contributed by atoms with Gasteiger partial charge in [-0.15, -0.1) is 11.8 Å². The average molecular weight is 314 g/mol. The van der Waals surface area contributed by atoms with E-state index < -0.39 is 0 Å². The van der Waals surface area contributed by atoms with Gasteiger partial charge in [0, 0.05) is 34.1 Å². The fraction of sp³-hybridized carbons (Fsp3) is 0.474. The third kappa shape index (κ3) is 3.11. The van der Waals surface area contributed by atoms with E-state index in [1.165, 1.54) is 36.1 Å². The van der Waals surface area contributed by atoms with E-state index in [4.69, 9.17) is 0 Å². The summed E-state index contributed by atoms with van der Waals surface area (Å²) in [5.41, 5.74) is 1.62. The number of benzene rings is 1. The first kappa shape index (κ1) is 15.7. The van der Waals surface area contributed by atoms with Crippen LogP contribution in [0, 0.1) is 0 Å². The van der Waals surface area contributed by atoms with Crippen molar-refractivity contribution in [3.63, 3.8) is 0 Å². The summed E-state index contributed by atoms with van der Waals surface area (Å²) in [6.45, 7) is 4.61. The molecule has 3 rings (SSSR count). The van der Waals surface area contributed by atoms with Crippen molar-refractivity contribution in [1.29, 1.82) is 0 Å². The Labute approximate surface area is 138 Å². The summed E-state index contributed by atoms with van der Waals surface area (Å²) in [5.74, 6) is 1.15. The molecule has 22 heavy (non-hydrogen) atoms. The highest BCUT2D eigenvalue weighted by Crippen LogP contribution is 2.38. The van der Waals surface area contributed by atoms with Gasteiger partial charge < -0.3 is 4.57 Å². The molecule has 0 bridgehead atoms. The van der Waals surface area contributed by atoms with Gasteiger partial charge in [-0.3, -0.25) is 5.32 Å². The van der Waals surface area contributed by atoms with E-state index in [2.05, 4.69) is 72.5 Å². The molecule has 1 aliphatic rings. The molecule has 0 saturated carbocycles. The highest BCUT2D eigenvalue weighted by atomic mass is 32.2. The minimum atomic E-state index is 0.217. The number of hydrogen-bond donors (Lipinski definition) is 1. The molecule has 0 fully saturated rings. The number of rotatable bonds is 5. The van der Waals surface area contributed by atoms with E-state index in [1.807, 2.05) is 11.8 Å². The van der Waals surface area contributed by atoms with Crippen LogP contribution in [0.4, 0.5) is 0 Å². The minimum absolute atomic E-state index is 0.217. The highest BCUT2D eigenvalue weighted by molar-refractivity contribution is 7.99. The number of thioether (sulfide) groups is 1. The fourth-order valence-corrected chi connectivity index (χ4v) is 4.64. The van der Waals surface area contributed by atoms with Crippen molar-refractivity contribution in [2.75, 3.05) is 5.75 Å². The van der Waals surface area contributed by atoms with Gasteiger partial charge in [0.2, 0.25) is 0 Å². The molecule has 1 aromatic heterocycles. The maximum absolute atomic E-state index is 4.01. The van der Waals surface area contributed by atoms with Crippen LogP contribution >= 0.6 is 11.8 Å². The molecule has 2 nitrogen and oxygen atoms in total. The summed E-state index contributed by atoms with van der Waals surface area (Å²) in [6.07, 6.45) is 9.55. The number of aromatic nitrogens is 1. The van der Waals surface area contributed by atoms with Crippen molar-refractivity contribution in [1.82, 2.24) is 9.88 Å². The van der Waals surface area contributed by atoms with Crippen LogP contribution in [-0.4, -0.2) is 15.9 Å². The summed E-state index contributed by atoms with van der Waals surface area (Å²) < 4.78 is 2.31. The zero-order valence-electron chi connectivity index (χ0n) is 13.6. The number of nitrogens with zero attached hydrogens (tertiary/aromatic N) is 1. The second-order valence-corrected chi connectivity index (χ2v) is 7.26.